The summed E-state index contributed by atoms with van der Waals surface area (Å²) in [5, 5.41) is 0. The second kappa shape index (κ2) is 3.86. The lowest BCUT2D eigenvalue weighted by molar-refractivity contribution is -0.122. The number of carbonyl (C=O) groups is 1. The first-order valence-electron chi connectivity index (χ1n) is 4.15. The van der Waals surface area contributed by atoms with E-state index in [0.29, 0.717) is 6.42 Å². The molecule has 0 radical (unpaired) electrons. The number of Topliss-reactive ketones (excluding diaryl/α,β-unsaturated/α-hetero) is 1. The van der Waals surface area contributed by atoms with Gasteiger partial charge in [0.2, 0.25) is 0 Å². The van der Waals surface area contributed by atoms with Crippen molar-refractivity contribution in [2.24, 2.45) is 11.1 Å². The molecule has 2 heteroatoms. The molecule has 0 aromatic carbocycles. The van der Waals surface area contributed by atoms with Crippen LogP contribution in [0, 0.1) is 5.41 Å². The van der Waals surface area contributed by atoms with Crippen molar-refractivity contribution in [3.63, 3.8) is 0 Å². The van der Waals surface area contributed by atoms with Gasteiger partial charge in [0, 0.05) is 6.42 Å². The number of hydrogen-bond donors (Lipinski definition) is 1. The van der Waals surface area contributed by atoms with Gasteiger partial charge in [0.15, 0.2) is 0 Å². The van der Waals surface area contributed by atoms with E-state index in [1.807, 2.05) is 27.7 Å². The van der Waals surface area contributed by atoms with Crippen LogP contribution < -0.4 is 5.73 Å². The van der Waals surface area contributed by atoms with Gasteiger partial charge in [0.25, 0.3) is 0 Å². The average molecular weight is 157 g/mol. The third kappa shape index (κ3) is 4.96. The molecule has 0 saturated carbocycles. The molecule has 0 aliphatic carbocycles. The van der Waals surface area contributed by atoms with Crippen LogP contribution in [0.5, 0.6) is 0 Å². The van der Waals surface area contributed by atoms with Gasteiger partial charge in [-0.15, -0.1) is 0 Å². The third-order valence-electron chi connectivity index (χ3n) is 1.56. The van der Waals surface area contributed by atoms with Gasteiger partial charge in [0.05, 0.1) is 6.04 Å². The monoisotopic (exact) mass is 157 g/mol. The average Bonchev–Trinajstić information content (AvgIpc) is 1.82. The van der Waals surface area contributed by atoms with Crippen molar-refractivity contribution in [2.75, 3.05) is 0 Å². The Bertz CT molecular complexity index is 135. The van der Waals surface area contributed by atoms with Crippen molar-refractivity contribution >= 4 is 5.78 Å². The van der Waals surface area contributed by atoms with Gasteiger partial charge in [-0.25, -0.2) is 0 Å². The van der Waals surface area contributed by atoms with Crippen LogP contribution in [-0.4, -0.2) is 11.8 Å². The van der Waals surface area contributed by atoms with Crippen molar-refractivity contribution in [1.82, 2.24) is 0 Å². The highest BCUT2D eigenvalue weighted by atomic mass is 16.1. The molecule has 2 N–H and O–H groups in total. The van der Waals surface area contributed by atoms with Crippen LogP contribution in [0.1, 0.15) is 40.5 Å². The number of ketones is 1. The molecule has 66 valence electrons. The number of carbonyl (C=O) groups excluding carboxylic acids is 1. The van der Waals surface area contributed by atoms with Gasteiger partial charge in [-0.2, -0.15) is 0 Å². The minimum atomic E-state index is -0.255. The summed E-state index contributed by atoms with van der Waals surface area (Å²) in [6.45, 7) is 8.08. The minimum Gasteiger partial charge on any atom is -0.322 e. The first-order valence-corrected chi connectivity index (χ1v) is 4.15. The molecule has 11 heavy (non-hydrogen) atoms. The minimum absolute atomic E-state index is 0.0733. The topological polar surface area (TPSA) is 43.1 Å². The quantitative estimate of drug-likeness (QED) is 0.678. The maximum Gasteiger partial charge on any atom is 0.150 e. The Morgan fingerprint density at radius 2 is 1.91 bits per heavy atom. The maximum absolute atomic E-state index is 11.3. The van der Waals surface area contributed by atoms with E-state index in [9.17, 15) is 4.79 Å². The van der Waals surface area contributed by atoms with Crippen molar-refractivity contribution in [2.45, 2.75) is 46.6 Å². The summed E-state index contributed by atoms with van der Waals surface area (Å²) in [5.41, 5.74) is 5.65. The molecule has 0 amide bonds. The lowest BCUT2D eigenvalue weighted by atomic mass is 9.87. The van der Waals surface area contributed by atoms with Crippen LogP contribution in [-0.2, 0) is 4.79 Å². The lowest BCUT2D eigenvalue weighted by Crippen LogP contribution is -2.32. The Labute approximate surface area is 69.2 Å². The summed E-state index contributed by atoms with van der Waals surface area (Å²) in [5.74, 6) is 0.181. The van der Waals surface area contributed by atoms with E-state index in [4.69, 9.17) is 5.73 Å². The van der Waals surface area contributed by atoms with Gasteiger partial charge in [-0.1, -0.05) is 27.7 Å². The Morgan fingerprint density at radius 3 is 2.18 bits per heavy atom. The molecule has 2 nitrogen and oxygen atoms in total. The van der Waals surface area contributed by atoms with E-state index in [0.717, 1.165) is 6.42 Å². The highest BCUT2D eigenvalue weighted by Gasteiger charge is 2.19. The fourth-order valence-electron chi connectivity index (χ4n) is 0.881. The summed E-state index contributed by atoms with van der Waals surface area (Å²) in [7, 11) is 0. The van der Waals surface area contributed by atoms with Crippen LogP contribution in [0.3, 0.4) is 0 Å². The lowest BCUT2D eigenvalue weighted by Gasteiger charge is -2.18. The summed E-state index contributed by atoms with van der Waals surface area (Å²) >= 11 is 0. The molecule has 0 fully saturated rings. The van der Waals surface area contributed by atoms with Crippen LogP contribution in [0.25, 0.3) is 0 Å². The van der Waals surface area contributed by atoms with Crippen molar-refractivity contribution in [3.8, 4) is 0 Å². The van der Waals surface area contributed by atoms with Crippen LogP contribution >= 0.6 is 0 Å². The van der Waals surface area contributed by atoms with Gasteiger partial charge < -0.3 is 5.73 Å². The Kier molecular flexibility index (Phi) is 3.73. The fourth-order valence-corrected chi connectivity index (χ4v) is 0.881. The number of hydrogen-bond acceptors (Lipinski definition) is 2. The SMILES string of the molecule is CCC(N)C(=O)CC(C)(C)C. The normalized spacial score (nSPS) is 14.6. The van der Waals surface area contributed by atoms with Crippen LogP contribution in [0.2, 0.25) is 0 Å². The van der Waals surface area contributed by atoms with Gasteiger partial charge in [0.1, 0.15) is 5.78 Å². The molecule has 0 aromatic heterocycles. The number of nitrogens with two attached hydrogens (primary N) is 1. The van der Waals surface area contributed by atoms with Crippen molar-refractivity contribution in [1.29, 1.82) is 0 Å². The van der Waals surface area contributed by atoms with Gasteiger partial charge >= 0.3 is 0 Å². The summed E-state index contributed by atoms with van der Waals surface area (Å²) in [6, 6.07) is -0.255. The molecule has 1 atom stereocenters. The molecule has 0 aromatic rings. The van der Waals surface area contributed by atoms with Crippen molar-refractivity contribution < 1.29 is 4.79 Å². The molecule has 0 bridgehead atoms. The number of rotatable bonds is 3. The van der Waals surface area contributed by atoms with Gasteiger partial charge in [-0.05, 0) is 11.8 Å². The molecular weight excluding hydrogens is 138 g/mol. The van der Waals surface area contributed by atoms with E-state index in [1.165, 1.54) is 0 Å². The third-order valence-corrected chi connectivity index (χ3v) is 1.56. The molecule has 0 rings (SSSR count). The molecule has 0 aliphatic heterocycles. The molecular formula is C9H19NO. The zero-order valence-electron chi connectivity index (χ0n) is 7.98. The van der Waals surface area contributed by atoms with E-state index < -0.39 is 0 Å². The van der Waals surface area contributed by atoms with E-state index in [2.05, 4.69) is 0 Å². The molecule has 0 aliphatic rings. The maximum atomic E-state index is 11.3. The van der Waals surface area contributed by atoms with E-state index in [1.54, 1.807) is 0 Å². The van der Waals surface area contributed by atoms with E-state index in [-0.39, 0.29) is 17.2 Å². The molecule has 0 spiro atoms. The Morgan fingerprint density at radius 1 is 1.45 bits per heavy atom. The van der Waals surface area contributed by atoms with Crippen molar-refractivity contribution in [3.05, 3.63) is 0 Å². The summed E-state index contributed by atoms with van der Waals surface area (Å²) < 4.78 is 0. The highest BCUT2D eigenvalue weighted by molar-refractivity contribution is 5.84. The standard InChI is InChI=1S/C9H19NO/c1-5-7(10)8(11)6-9(2,3)4/h7H,5-6,10H2,1-4H3. The summed E-state index contributed by atoms with van der Waals surface area (Å²) in [6.07, 6.45) is 1.33. The first kappa shape index (κ1) is 10.6. The smallest absolute Gasteiger partial charge is 0.150 e. The molecule has 0 heterocycles. The zero-order chi connectivity index (χ0) is 9.07. The van der Waals surface area contributed by atoms with Crippen LogP contribution in [0.4, 0.5) is 0 Å². The fraction of sp³-hybridized carbons (Fsp3) is 0.889. The van der Waals surface area contributed by atoms with Gasteiger partial charge in [-0.3, -0.25) is 4.79 Å². The first-order chi connectivity index (χ1) is 4.87. The predicted octanol–water partition coefficient (Wildman–Crippen LogP) is 1.73. The Balaban J connectivity index is 3.88. The second-order valence-electron chi connectivity index (χ2n) is 4.22. The van der Waals surface area contributed by atoms with E-state index >= 15 is 0 Å². The largest absolute Gasteiger partial charge is 0.322 e. The predicted molar refractivity (Wildman–Crippen MR) is 47.3 cm³/mol. The van der Waals surface area contributed by atoms with Crippen LogP contribution in [0.15, 0.2) is 0 Å². The highest BCUT2D eigenvalue weighted by Crippen LogP contribution is 2.19. The second-order valence-corrected chi connectivity index (χ2v) is 4.22. The Hall–Kier alpha value is -0.370. The zero-order valence-corrected chi connectivity index (χ0v) is 7.98. The molecule has 1 unspecified atom stereocenters. The summed E-state index contributed by atoms with van der Waals surface area (Å²) in [4.78, 5) is 11.3. The molecule has 0 saturated heterocycles.